The Morgan fingerprint density at radius 2 is 1.12 bits per heavy atom. The van der Waals surface area contributed by atoms with Crippen molar-refractivity contribution in [3.8, 4) is 0 Å². The average molecular weight is 233 g/mol. The van der Waals surface area contributed by atoms with Gasteiger partial charge in [-0.25, -0.2) is 14.5 Å². The molecule has 0 aliphatic carbocycles. The van der Waals surface area contributed by atoms with Gasteiger partial charge < -0.3 is 19.3 Å². The average Bonchev–Trinajstić information content (AvgIpc) is 2.15. The Labute approximate surface area is 95.5 Å². The maximum Gasteiger partial charge on any atom is 0.413 e. The van der Waals surface area contributed by atoms with Gasteiger partial charge in [-0.05, 0) is 14.1 Å². The lowest BCUT2D eigenvalue weighted by atomic mass is 10.8. The van der Waals surface area contributed by atoms with Crippen LogP contribution in [0.5, 0.6) is 0 Å². The molecule has 94 valence electrons. The molecule has 0 radical (unpaired) electrons. The summed E-state index contributed by atoms with van der Waals surface area (Å²) >= 11 is 0. The normalized spacial score (nSPS) is 10.2. The van der Waals surface area contributed by atoms with Gasteiger partial charge in [0.25, 0.3) is 0 Å². The first-order chi connectivity index (χ1) is 7.25. The van der Waals surface area contributed by atoms with Gasteiger partial charge in [0, 0.05) is 28.2 Å². The van der Waals surface area contributed by atoms with E-state index in [-0.39, 0.29) is 0 Å². The number of hydrogen-bond donors (Lipinski definition) is 0. The Morgan fingerprint density at radius 3 is 1.31 bits per heavy atom. The minimum Gasteiger partial charge on any atom is -0.394 e. The highest BCUT2D eigenvalue weighted by Crippen LogP contribution is 2.03. The first-order valence-electron chi connectivity index (χ1n) is 4.68. The number of carbonyl (C=O) groups excluding carboxylic acids is 2. The molecule has 0 aromatic carbocycles. The van der Waals surface area contributed by atoms with Gasteiger partial charge in [-0.15, -0.1) is 0 Å². The molecule has 0 atom stereocenters. The van der Waals surface area contributed by atoms with E-state index in [2.05, 4.69) is 0 Å². The molecule has 0 fully saturated rings. The Morgan fingerprint density at radius 1 is 0.812 bits per heavy atom. The highest BCUT2D eigenvalue weighted by Gasteiger charge is 2.22. The Balaban J connectivity index is 4.40. The predicted octanol–water partition coefficient (Wildman–Crippen LogP) is 0.228. The molecule has 0 rings (SSSR count). The van der Waals surface area contributed by atoms with E-state index < -0.39 is 18.6 Å². The summed E-state index contributed by atoms with van der Waals surface area (Å²) in [5, 5.41) is 0. The third-order valence-corrected chi connectivity index (χ3v) is 1.56. The largest absolute Gasteiger partial charge is 0.413 e. The third-order valence-electron chi connectivity index (χ3n) is 1.56. The molecule has 7 nitrogen and oxygen atoms in total. The lowest BCUT2D eigenvalue weighted by Gasteiger charge is -2.26. The molecule has 0 N–H and O–H groups in total. The van der Waals surface area contributed by atoms with Crippen molar-refractivity contribution in [2.24, 2.45) is 0 Å². The molecule has 0 aliphatic rings. The van der Waals surface area contributed by atoms with Crippen molar-refractivity contribution in [1.29, 1.82) is 0 Å². The minimum atomic E-state index is -1.04. The molecule has 0 bridgehead atoms. The Hall–Kier alpha value is -1.50. The fourth-order valence-electron chi connectivity index (χ4n) is 0.618. The summed E-state index contributed by atoms with van der Waals surface area (Å²) in [6.45, 7) is 0. The summed E-state index contributed by atoms with van der Waals surface area (Å²) in [7, 11) is 9.45. The van der Waals surface area contributed by atoms with Crippen LogP contribution in [0.2, 0.25) is 0 Å². The molecule has 0 aromatic rings. The van der Waals surface area contributed by atoms with Gasteiger partial charge in [0.15, 0.2) is 0 Å². The highest BCUT2D eigenvalue weighted by molar-refractivity contribution is 5.68. The van der Waals surface area contributed by atoms with E-state index >= 15 is 0 Å². The Bertz CT molecular complexity index is 231. The Kier molecular flexibility index (Phi) is 5.59. The van der Waals surface area contributed by atoms with Crippen LogP contribution in [-0.2, 0) is 9.47 Å². The van der Waals surface area contributed by atoms with Crippen LogP contribution in [0.3, 0.4) is 0 Å². The van der Waals surface area contributed by atoms with Gasteiger partial charge >= 0.3 is 18.6 Å². The van der Waals surface area contributed by atoms with Crippen molar-refractivity contribution in [2.75, 3.05) is 42.3 Å². The van der Waals surface area contributed by atoms with Crippen molar-refractivity contribution >= 4 is 12.2 Å². The van der Waals surface area contributed by atoms with Gasteiger partial charge in [0.1, 0.15) is 0 Å². The smallest absolute Gasteiger partial charge is 0.394 e. The van der Waals surface area contributed by atoms with Crippen LogP contribution in [0, 0.1) is 0 Å². The zero-order valence-electron chi connectivity index (χ0n) is 10.6. The topological polar surface area (TPSA) is 62.3 Å². The van der Waals surface area contributed by atoms with Crippen LogP contribution in [-0.4, -0.2) is 75.6 Å². The molecule has 0 unspecified atom stereocenters. The van der Waals surface area contributed by atoms with Crippen LogP contribution in [0.15, 0.2) is 0 Å². The number of amides is 2. The fraction of sp³-hybridized carbons (Fsp3) is 0.778. The lowest BCUT2D eigenvalue weighted by molar-refractivity contribution is -0.149. The van der Waals surface area contributed by atoms with E-state index in [1.807, 2.05) is 0 Å². The van der Waals surface area contributed by atoms with Crippen molar-refractivity contribution in [3.63, 3.8) is 0 Å². The van der Waals surface area contributed by atoms with Gasteiger partial charge in [-0.2, -0.15) is 0 Å². The van der Waals surface area contributed by atoms with Crippen LogP contribution >= 0.6 is 0 Å². The maximum atomic E-state index is 11.3. The second kappa shape index (κ2) is 6.16. The zero-order chi connectivity index (χ0) is 12.9. The number of nitrogens with zero attached hydrogens (tertiary/aromatic N) is 3. The van der Waals surface area contributed by atoms with E-state index in [1.165, 1.54) is 14.7 Å². The first-order valence-corrected chi connectivity index (χ1v) is 4.68. The highest BCUT2D eigenvalue weighted by atomic mass is 16.7. The van der Waals surface area contributed by atoms with Crippen molar-refractivity contribution < 1.29 is 19.1 Å². The quantitative estimate of drug-likeness (QED) is 0.653. The number of ether oxygens (including phenoxy) is 2. The molecule has 0 saturated heterocycles. The second-order valence-corrected chi connectivity index (χ2v) is 3.83. The summed E-state index contributed by atoms with van der Waals surface area (Å²) in [5.41, 5.74) is 0. The molecular weight excluding hydrogens is 214 g/mol. The molecule has 7 heteroatoms. The molecule has 2 amide bonds. The van der Waals surface area contributed by atoms with Crippen LogP contribution in [0.25, 0.3) is 0 Å². The number of rotatable bonds is 3. The summed E-state index contributed by atoms with van der Waals surface area (Å²) in [4.78, 5) is 26.5. The molecule has 0 aromatic heterocycles. The van der Waals surface area contributed by atoms with Crippen molar-refractivity contribution in [1.82, 2.24) is 14.7 Å². The monoisotopic (exact) mass is 233 g/mol. The van der Waals surface area contributed by atoms with E-state index in [4.69, 9.17) is 9.47 Å². The minimum absolute atomic E-state index is 0.578. The zero-order valence-corrected chi connectivity index (χ0v) is 10.6. The van der Waals surface area contributed by atoms with Crippen LogP contribution in [0.1, 0.15) is 0 Å². The molecule has 0 saturated carbocycles. The van der Waals surface area contributed by atoms with E-state index in [1.54, 1.807) is 42.3 Å². The standard InChI is InChI=1S/C9H19N3O4/c1-10(2)7(13)15-9(12(5)6)16-8(14)11(3)4/h9H,1-6H3. The third kappa shape index (κ3) is 4.83. The second-order valence-electron chi connectivity index (χ2n) is 3.83. The van der Waals surface area contributed by atoms with E-state index in [0.717, 1.165) is 0 Å². The summed E-state index contributed by atoms with van der Waals surface area (Å²) in [6.07, 6.45) is -2.19. The van der Waals surface area contributed by atoms with Gasteiger partial charge in [0.2, 0.25) is 0 Å². The van der Waals surface area contributed by atoms with Crippen LogP contribution in [0.4, 0.5) is 9.59 Å². The number of hydrogen-bond acceptors (Lipinski definition) is 5. The molecule has 0 spiro atoms. The first kappa shape index (κ1) is 14.5. The van der Waals surface area contributed by atoms with Crippen molar-refractivity contribution in [3.05, 3.63) is 0 Å². The predicted molar refractivity (Wildman–Crippen MR) is 57.8 cm³/mol. The van der Waals surface area contributed by atoms with Gasteiger partial charge in [-0.1, -0.05) is 0 Å². The van der Waals surface area contributed by atoms with Crippen LogP contribution < -0.4 is 0 Å². The molecular formula is C9H19N3O4. The lowest BCUT2D eigenvalue weighted by Crippen LogP contribution is -2.41. The van der Waals surface area contributed by atoms with E-state index in [9.17, 15) is 9.59 Å². The SMILES string of the molecule is CN(C)C(=O)OC(OC(=O)N(C)C)N(C)C. The summed E-state index contributed by atoms with van der Waals surface area (Å²) in [6, 6.07) is 0. The fourth-order valence-corrected chi connectivity index (χ4v) is 0.618. The van der Waals surface area contributed by atoms with Gasteiger partial charge in [-0.3, -0.25) is 0 Å². The van der Waals surface area contributed by atoms with Crippen molar-refractivity contribution in [2.45, 2.75) is 6.41 Å². The summed E-state index contributed by atoms with van der Waals surface area (Å²) in [5.74, 6) is 0. The van der Waals surface area contributed by atoms with Gasteiger partial charge in [0.05, 0.1) is 0 Å². The molecule has 16 heavy (non-hydrogen) atoms. The molecule has 0 aliphatic heterocycles. The maximum absolute atomic E-state index is 11.3. The number of carbonyl (C=O) groups is 2. The van der Waals surface area contributed by atoms with E-state index in [0.29, 0.717) is 0 Å². The molecule has 0 heterocycles. The summed E-state index contributed by atoms with van der Waals surface area (Å²) < 4.78 is 9.87.